The molecule has 8 heteroatoms. The van der Waals surface area contributed by atoms with Crippen molar-refractivity contribution in [2.45, 2.75) is 34.5 Å². The van der Waals surface area contributed by atoms with Crippen LogP contribution in [0.25, 0.3) is 0 Å². The number of aliphatic hydroxyl groups is 1. The molecule has 2 aliphatic rings. The van der Waals surface area contributed by atoms with Crippen molar-refractivity contribution in [3.05, 3.63) is 64.7 Å². The third-order valence-electron chi connectivity index (χ3n) is 5.92. The summed E-state index contributed by atoms with van der Waals surface area (Å²) in [6.07, 6.45) is -0.675. The van der Waals surface area contributed by atoms with E-state index >= 15 is 0 Å². The minimum absolute atomic E-state index is 0.0241. The average Bonchev–Trinajstić information content (AvgIpc) is 3.27. The van der Waals surface area contributed by atoms with Crippen molar-refractivity contribution in [1.29, 1.82) is 0 Å². The molecule has 0 unspecified atom stereocenters. The number of carbonyl (C=O) groups is 2. The summed E-state index contributed by atoms with van der Waals surface area (Å²) in [4.78, 5) is 24.5. The van der Waals surface area contributed by atoms with Crippen molar-refractivity contribution in [1.82, 2.24) is 0 Å². The molecule has 2 aromatic carbocycles. The maximum atomic E-state index is 13.2. The van der Waals surface area contributed by atoms with Crippen LogP contribution >= 0.6 is 0 Å². The Bertz CT molecular complexity index is 1090. The number of benzene rings is 2. The van der Waals surface area contributed by atoms with Gasteiger partial charge in [0.1, 0.15) is 0 Å². The third kappa shape index (κ3) is 2.86. The molecule has 0 aromatic heterocycles. The number of fused-ring (bicyclic) bond motifs is 5. The highest BCUT2D eigenvalue weighted by atomic mass is 32.2. The van der Waals surface area contributed by atoms with Crippen LogP contribution in [0.3, 0.4) is 0 Å². The summed E-state index contributed by atoms with van der Waals surface area (Å²) < 4.78 is 36.0. The predicted octanol–water partition coefficient (Wildman–Crippen LogP) is 2.05. The van der Waals surface area contributed by atoms with Gasteiger partial charge in [0.25, 0.3) is 0 Å². The second-order valence-electron chi connectivity index (χ2n) is 7.27. The largest absolute Gasteiger partial charge is 0.465 e. The molecule has 0 spiro atoms. The fourth-order valence-electron chi connectivity index (χ4n) is 4.63. The van der Waals surface area contributed by atoms with E-state index in [0.717, 1.165) is 0 Å². The van der Waals surface area contributed by atoms with E-state index in [9.17, 15) is 23.1 Å². The summed E-state index contributed by atoms with van der Waals surface area (Å²) in [7, 11) is -1.38. The first-order valence-corrected chi connectivity index (χ1v) is 10.7. The van der Waals surface area contributed by atoms with Crippen LogP contribution in [0.4, 0.5) is 0 Å². The number of sulfone groups is 1. The quantitative estimate of drug-likeness (QED) is 0.760. The molecular weight excluding hydrogens is 396 g/mol. The fourth-order valence-corrected chi connectivity index (χ4v) is 6.73. The van der Waals surface area contributed by atoms with E-state index < -0.39 is 45.0 Å². The first kappa shape index (κ1) is 19.6. The van der Waals surface area contributed by atoms with E-state index in [2.05, 4.69) is 0 Å². The van der Waals surface area contributed by atoms with Crippen molar-refractivity contribution in [2.24, 2.45) is 0 Å². The van der Waals surface area contributed by atoms with Gasteiger partial charge in [0, 0.05) is 11.8 Å². The second-order valence-corrected chi connectivity index (χ2v) is 9.38. The van der Waals surface area contributed by atoms with Crippen LogP contribution in [0, 0.1) is 0 Å². The van der Waals surface area contributed by atoms with Gasteiger partial charge in [-0.1, -0.05) is 18.2 Å². The van der Waals surface area contributed by atoms with Gasteiger partial charge >= 0.3 is 11.9 Å². The molecule has 1 N–H and O–H groups in total. The Morgan fingerprint density at radius 3 is 1.97 bits per heavy atom. The van der Waals surface area contributed by atoms with Crippen LogP contribution in [-0.4, -0.2) is 51.0 Å². The highest BCUT2D eigenvalue weighted by molar-refractivity contribution is 7.92. The van der Waals surface area contributed by atoms with Crippen LogP contribution < -0.4 is 0 Å². The fraction of sp³-hybridized carbons (Fsp3) is 0.333. The van der Waals surface area contributed by atoms with Crippen LogP contribution in [-0.2, 0) is 19.3 Å². The number of hydrogen-bond acceptors (Lipinski definition) is 7. The van der Waals surface area contributed by atoms with Crippen molar-refractivity contribution >= 4 is 21.8 Å². The molecule has 7 nitrogen and oxygen atoms in total. The molecular formula is C21H20O7S. The molecule has 2 aliphatic carbocycles. The lowest BCUT2D eigenvalue weighted by atomic mass is 9.86. The molecule has 4 atom stereocenters. The first-order chi connectivity index (χ1) is 13.8. The number of hydrogen-bond donors (Lipinski definition) is 1. The van der Waals surface area contributed by atoms with Gasteiger partial charge in [0.15, 0.2) is 9.84 Å². The van der Waals surface area contributed by atoms with Gasteiger partial charge in [-0.2, -0.15) is 0 Å². The van der Waals surface area contributed by atoms with Crippen molar-refractivity contribution < 1.29 is 32.6 Å². The number of rotatable bonds is 4. The van der Waals surface area contributed by atoms with E-state index in [1.54, 1.807) is 18.2 Å². The molecule has 1 fully saturated rings. The SMILES string of the molecule is COC(=O)c1cc2c(cc1C(=O)OC)[C@@H]1C[C@H]2[C@H](S(=O)(=O)c2ccccc2)[C@H]1O. The number of esters is 2. The molecule has 2 bridgehead atoms. The lowest BCUT2D eigenvalue weighted by Crippen LogP contribution is -2.38. The predicted molar refractivity (Wildman–Crippen MR) is 103 cm³/mol. The van der Waals surface area contributed by atoms with Gasteiger partial charge in [0.2, 0.25) is 0 Å². The summed E-state index contributed by atoms with van der Waals surface area (Å²) >= 11 is 0. The summed E-state index contributed by atoms with van der Waals surface area (Å²) in [5.41, 5.74) is 1.39. The average molecular weight is 416 g/mol. The zero-order valence-electron chi connectivity index (χ0n) is 15.9. The van der Waals surface area contributed by atoms with Crippen LogP contribution in [0.2, 0.25) is 0 Å². The summed E-state index contributed by atoms with van der Waals surface area (Å²) in [6, 6.07) is 11.0. The van der Waals surface area contributed by atoms with E-state index in [1.807, 2.05) is 0 Å². The molecule has 29 heavy (non-hydrogen) atoms. The first-order valence-electron chi connectivity index (χ1n) is 9.12. The molecule has 152 valence electrons. The van der Waals surface area contributed by atoms with Gasteiger partial charge in [-0.15, -0.1) is 0 Å². The Hall–Kier alpha value is -2.71. The van der Waals surface area contributed by atoms with Crippen molar-refractivity contribution in [3.63, 3.8) is 0 Å². The third-order valence-corrected chi connectivity index (χ3v) is 8.17. The minimum Gasteiger partial charge on any atom is -0.465 e. The summed E-state index contributed by atoms with van der Waals surface area (Å²) in [6.45, 7) is 0. The second kappa shape index (κ2) is 6.96. The minimum atomic E-state index is -3.79. The molecule has 0 amide bonds. The maximum absolute atomic E-state index is 13.2. The van der Waals surface area contributed by atoms with Gasteiger partial charge in [-0.25, -0.2) is 18.0 Å². The number of ether oxygens (including phenoxy) is 2. The van der Waals surface area contributed by atoms with E-state index in [1.165, 1.54) is 38.5 Å². The van der Waals surface area contributed by atoms with E-state index in [4.69, 9.17) is 9.47 Å². The molecule has 0 aliphatic heterocycles. The summed E-state index contributed by atoms with van der Waals surface area (Å²) in [5.74, 6) is -2.32. The molecule has 0 saturated heterocycles. The molecule has 2 aromatic rings. The van der Waals surface area contributed by atoms with Crippen LogP contribution in [0.5, 0.6) is 0 Å². The lowest BCUT2D eigenvalue weighted by molar-refractivity contribution is 0.0555. The topological polar surface area (TPSA) is 107 Å². The zero-order valence-corrected chi connectivity index (χ0v) is 16.7. The van der Waals surface area contributed by atoms with Crippen LogP contribution in [0.1, 0.15) is 50.1 Å². The van der Waals surface area contributed by atoms with Gasteiger partial charge in [0.05, 0.1) is 41.6 Å². The molecule has 1 saturated carbocycles. The van der Waals surface area contributed by atoms with Gasteiger partial charge < -0.3 is 14.6 Å². The summed E-state index contributed by atoms with van der Waals surface area (Å²) in [5, 5.41) is 9.83. The van der Waals surface area contributed by atoms with E-state index in [-0.39, 0.29) is 16.0 Å². The lowest BCUT2D eigenvalue weighted by Gasteiger charge is -2.29. The van der Waals surface area contributed by atoms with Crippen molar-refractivity contribution in [2.75, 3.05) is 14.2 Å². The molecule has 0 heterocycles. The Kier molecular flexibility index (Phi) is 4.71. The smallest absolute Gasteiger partial charge is 0.338 e. The zero-order chi connectivity index (χ0) is 20.9. The number of methoxy groups -OCH3 is 2. The maximum Gasteiger partial charge on any atom is 0.338 e. The van der Waals surface area contributed by atoms with E-state index in [0.29, 0.717) is 17.5 Å². The monoisotopic (exact) mass is 416 g/mol. The normalized spacial score (nSPS) is 24.8. The Balaban J connectivity index is 1.84. The molecule has 4 rings (SSSR count). The number of aliphatic hydroxyl groups excluding tert-OH is 1. The van der Waals surface area contributed by atoms with Gasteiger partial charge in [-0.05, 0) is 41.8 Å². The Morgan fingerprint density at radius 1 is 0.931 bits per heavy atom. The Morgan fingerprint density at radius 2 is 1.45 bits per heavy atom. The highest BCUT2D eigenvalue weighted by Crippen LogP contribution is 2.56. The molecule has 0 radical (unpaired) electrons. The number of carbonyl (C=O) groups excluding carboxylic acids is 2. The van der Waals surface area contributed by atoms with Gasteiger partial charge in [-0.3, -0.25) is 0 Å². The Labute approximate surface area is 168 Å². The standard InChI is InChI=1S/C21H20O7S/c1-27-20(23)16-8-12-13(9-17(16)21(24)28-2)15-10-14(12)18(22)19(15)29(25,26)11-6-4-3-5-7-11/h3-9,14-15,18-19,22H,10H2,1-2H3/t14-,15+,18-,19-/m0/s1. The van der Waals surface area contributed by atoms with Crippen LogP contribution in [0.15, 0.2) is 47.4 Å². The highest BCUT2D eigenvalue weighted by Gasteiger charge is 2.56. The van der Waals surface area contributed by atoms with Crippen molar-refractivity contribution in [3.8, 4) is 0 Å².